The smallest absolute Gasteiger partial charge is 0.168 e. The van der Waals surface area contributed by atoms with Crippen LogP contribution in [0.15, 0.2) is 0 Å². The molecule has 0 aromatic carbocycles. The van der Waals surface area contributed by atoms with Crippen molar-refractivity contribution < 1.29 is 9.47 Å². The van der Waals surface area contributed by atoms with Crippen molar-refractivity contribution in [3.63, 3.8) is 0 Å². The first-order valence-electron chi connectivity index (χ1n) is 8.48. The molecule has 0 unspecified atom stereocenters. The van der Waals surface area contributed by atoms with E-state index in [0.29, 0.717) is 0 Å². The van der Waals surface area contributed by atoms with E-state index in [4.69, 9.17) is 9.47 Å². The Kier molecular flexibility index (Phi) is 4.97. The van der Waals surface area contributed by atoms with Crippen molar-refractivity contribution in [2.75, 3.05) is 46.4 Å². The molecule has 0 radical (unpaired) electrons. The Morgan fingerprint density at radius 3 is 2.40 bits per heavy atom. The highest BCUT2D eigenvalue weighted by Gasteiger charge is 2.40. The number of ether oxygens (including phenoxy) is 2. The quantitative estimate of drug-likeness (QED) is 0.771. The number of hydrogen-bond donors (Lipinski definition) is 0. The summed E-state index contributed by atoms with van der Waals surface area (Å²) in [6, 6.07) is 0.729. The van der Waals surface area contributed by atoms with Crippen LogP contribution in [0.25, 0.3) is 0 Å². The van der Waals surface area contributed by atoms with Crippen molar-refractivity contribution >= 4 is 0 Å². The van der Waals surface area contributed by atoms with E-state index in [1.54, 1.807) is 0 Å². The topological polar surface area (TPSA) is 24.9 Å². The van der Waals surface area contributed by atoms with Gasteiger partial charge in [0.15, 0.2) is 5.79 Å². The van der Waals surface area contributed by atoms with E-state index >= 15 is 0 Å². The molecule has 3 fully saturated rings. The molecular formula is C16H30N2O2. The third kappa shape index (κ3) is 3.53. The highest BCUT2D eigenvalue weighted by Crippen LogP contribution is 2.37. The van der Waals surface area contributed by atoms with E-state index in [9.17, 15) is 0 Å². The number of hydrogen-bond acceptors (Lipinski definition) is 4. The summed E-state index contributed by atoms with van der Waals surface area (Å²) in [5, 5.41) is 0. The Morgan fingerprint density at radius 1 is 1.10 bits per heavy atom. The minimum Gasteiger partial charge on any atom is -0.348 e. The molecule has 3 aliphatic rings. The molecule has 116 valence electrons. The third-order valence-corrected chi connectivity index (χ3v) is 5.34. The normalized spacial score (nSPS) is 27.9. The summed E-state index contributed by atoms with van der Waals surface area (Å²) in [6.45, 7) is 6.74. The van der Waals surface area contributed by atoms with Gasteiger partial charge in [-0.1, -0.05) is 0 Å². The van der Waals surface area contributed by atoms with Crippen molar-refractivity contribution in [3.8, 4) is 0 Å². The number of likely N-dealkylation sites (tertiary alicyclic amines) is 1. The van der Waals surface area contributed by atoms with Crippen molar-refractivity contribution in [2.24, 2.45) is 0 Å². The van der Waals surface area contributed by atoms with Gasteiger partial charge in [-0.2, -0.15) is 0 Å². The van der Waals surface area contributed by atoms with Gasteiger partial charge >= 0.3 is 0 Å². The Hall–Kier alpha value is -0.160. The standard InChI is InChI=1S/C16H30N2O2/c1-17(9-4-12-18-10-2-3-11-18)15-5-7-16(8-6-15)19-13-14-20-16/h15H,2-14H2,1H3. The molecule has 1 spiro atoms. The van der Waals surface area contributed by atoms with E-state index in [1.807, 2.05) is 0 Å². The maximum atomic E-state index is 5.81. The van der Waals surface area contributed by atoms with Gasteiger partial charge in [-0.25, -0.2) is 0 Å². The Balaban J connectivity index is 1.34. The molecule has 0 atom stereocenters. The largest absolute Gasteiger partial charge is 0.348 e. The van der Waals surface area contributed by atoms with Crippen molar-refractivity contribution in [3.05, 3.63) is 0 Å². The molecule has 2 aliphatic heterocycles. The molecule has 0 bridgehead atoms. The van der Waals surface area contributed by atoms with Crippen LogP contribution in [0.1, 0.15) is 44.9 Å². The summed E-state index contributed by atoms with van der Waals surface area (Å²) < 4.78 is 11.6. The van der Waals surface area contributed by atoms with Crippen LogP contribution in [0.3, 0.4) is 0 Å². The predicted molar refractivity (Wildman–Crippen MR) is 79.8 cm³/mol. The summed E-state index contributed by atoms with van der Waals surface area (Å²) in [6.07, 6.45) is 8.72. The molecule has 0 aromatic rings. The van der Waals surface area contributed by atoms with Crippen molar-refractivity contribution in [1.29, 1.82) is 0 Å². The van der Waals surface area contributed by atoms with Crippen molar-refractivity contribution in [1.82, 2.24) is 9.80 Å². The Morgan fingerprint density at radius 2 is 1.75 bits per heavy atom. The van der Waals surface area contributed by atoms with Gasteiger partial charge < -0.3 is 19.3 Å². The Bertz CT molecular complexity index is 289. The summed E-state index contributed by atoms with van der Waals surface area (Å²) in [4.78, 5) is 5.18. The molecule has 4 heteroatoms. The molecule has 4 nitrogen and oxygen atoms in total. The minimum absolute atomic E-state index is 0.201. The van der Waals surface area contributed by atoms with E-state index < -0.39 is 0 Å². The van der Waals surface area contributed by atoms with E-state index in [2.05, 4.69) is 16.8 Å². The maximum absolute atomic E-state index is 5.81. The molecule has 2 saturated heterocycles. The molecular weight excluding hydrogens is 252 g/mol. The molecule has 0 amide bonds. The fraction of sp³-hybridized carbons (Fsp3) is 1.00. The lowest BCUT2D eigenvalue weighted by molar-refractivity contribution is -0.183. The molecule has 1 saturated carbocycles. The monoisotopic (exact) mass is 282 g/mol. The summed E-state index contributed by atoms with van der Waals surface area (Å²) in [5.41, 5.74) is 0. The second-order valence-corrected chi connectivity index (χ2v) is 6.72. The van der Waals surface area contributed by atoms with Crippen LogP contribution in [0.5, 0.6) is 0 Å². The number of nitrogens with zero attached hydrogens (tertiary/aromatic N) is 2. The molecule has 3 rings (SSSR count). The van der Waals surface area contributed by atoms with Gasteiger partial charge in [0.25, 0.3) is 0 Å². The number of rotatable bonds is 5. The average Bonchev–Trinajstić information content (AvgIpc) is 3.12. The van der Waals surface area contributed by atoms with E-state index in [1.165, 1.54) is 58.3 Å². The van der Waals surface area contributed by atoms with Crippen LogP contribution in [-0.4, -0.2) is 68.1 Å². The molecule has 1 aliphatic carbocycles. The van der Waals surface area contributed by atoms with E-state index in [-0.39, 0.29) is 5.79 Å². The molecule has 0 aromatic heterocycles. The van der Waals surface area contributed by atoms with Gasteiger partial charge in [-0.3, -0.25) is 0 Å². The summed E-state index contributed by atoms with van der Waals surface area (Å²) in [5.74, 6) is -0.201. The molecule has 20 heavy (non-hydrogen) atoms. The SMILES string of the molecule is CN(CCCN1CCCC1)C1CCC2(CC1)OCCO2. The van der Waals surface area contributed by atoms with E-state index in [0.717, 1.165) is 32.1 Å². The van der Waals surface area contributed by atoms with Gasteiger partial charge in [-0.15, -0.1) is 0 Å². The zero-order valence-corrected chi connectivity index (χ0v) is 13.0. The van der Waals surface area contributed by atoms with Gasteiger partial charge in [0.2, 0.25) is 0 Å². The lowest BCUT2D eigenvalue weighted by Gasteiger charge is -2.39. The first-order chi connectivity index (χ1) is 9.77. The summed E-state index contributed by atoms with van der Waals surface area (Å²) in [7, 11) is 2.29. The third-order valence-electron chi connectivity index (χ3n) is 5.34. The zero-order chi connectivity index (χ0) is 13.8. The second-order valence-electron chi connectivity index (χ2n) is 6.72. The Labute approximate surface area is 123 Å². The second kappa shape index (κ2) is 6.73. The fourth-order valence-electron chi connectivity index (χ4n) is 4.00. The van der Waals surface area contributed by atoms with Gasteiger partial charge in [-0.05, 0) is 65.3 Å². The molecule has 0 N–H and O–H groups in total. The van der Waals surface area contributed by atoms with Crippen LogP contribution in [0.4, 0.5) is 0 Å². The average molecular weight is 282 g/mol. The summed E-state index contributed by atoms with van der Waals surface area (Å²) >= 11 is 0. The lowest BCUT2D eigenvalue weighted by Crippen LogP contribution is -2.43. The van der Waals surface area contributed by atoms with Gasteiger partial charge in [0.1, 0.15) is 0 Å². The van der Waals surface area contributed by atoms with Crippen LogP contribution < -0.4 is 0 Å². The highest BCUT2D eigenvalue weighted by atomic mass is 16.7. The molecule has 2 heterocycles. The van der Waals surface area contributed by atoms with Crippen molar-refractivity contribution in [2.45, 2.75) is 56.8 Å². The predicted octanol–water partition coefficient (Wildman–Crippen LogP) is 2.09. The first kappa shape index (κ1) is 14.8. The van der Waals surface area contributed by atoms with Crippen LogP contribution in [0, 0.1) is 0 Å². The highest BCUT2D eigenvalue weighted by molar-refractivity contribution is 4.86. The van der Waals surface area contributed by atoms with Gasteiger partial charge in [0, 0.05) is 18.9 Å². The fourth-order valence-corrected chi connectivity index (χ4v) is 4.00. The zero-order valence-electron chi connectivity index (χ0n) is 13.0. The maximum Gasteiger partial charge on any atom is 0.168 e. The minimum atomic E-state index is -0.201. The van der Waals surface area contributed by atoms with Crippen LogP contribution in [0.2, 0.25) is 0 Å². The lowest BCUT2D eigenvalue weighted by atomic mass is 9.89. The van der Waals surface area contributed by atoms with Gasteiger partial charge in [0.05, 0.1) is 13.2 Å². The van der Waals surface area contributed by atoms with Crippen LogP contribution in [-0.2, 0) is 9.47 Å². The van der Waals surface area contributed by atoms with Crippen LogP contribution >= 0.6 is 0 Å². The first-order valence-corrected chi connectivity index (χ1v) is 8.48.